The zero-order valence-electron chi connectivity index (χ0n) is 12.3. The van der Waals surface area contributed by atoms with Crippen LogP contribution in [0.1, 0.15) is 36.5 Å². The number of rotatable bonds is 5. The predicted molar refractivity (Wildman–Crippen MR) is 85.4 cm³/mol. The highest BCUT2D eigenvalue weighted by Gasteiger charge is 2.13. The second-order valence-corrected chi connectivity index (χ2v) is 6.07. The summed E-state index contributed by atoms with van der Waals surface area (Å²) in [5.41, 5.74) is 2.69. The third-order valence-corrected chi connectivity index (χ3v) is 3.97. The zero-order chi connectivity index (χ0) is 15.4. The molecule has 0 bridgehead atoms. The van der Waals surface area contributed by atoms with Gasteiger partial charge in [0.1, 0.15) is 5.82 Å². The van der Waals surface area contributed by atoms with Crippen LogP contribution in [0.4, 0.5) is 4.39 Å². The van der Waals surface area contributed by atoms with Crippen molar-refractivity contribution in [2.45, 2.75) is 38.7 Å². The predicted octanol–water partition coefficient (Wildman–Crippen LogP) is 4.75. The average Bonchev–Trinajstić information content (AvgIpc) is 2.43. The summed E-state index contributed by atoms with van der Waals surface area (Å²) in [5.74, 6) is 0.123. The number of benzene rings is 2. The van der Waals surface area contributed by atoms with Crippen LogP contribution in [0.25, 0.3) is 0 Å². The Kier molecular flexibility index (Phi) is 5.38. The first-order valence-corrected chi connectivity index (χ1v) is 7.55. The third-order valence-electron chi connectivity index (χ3n) is 3.62. The van der Waals surface area contributed by atoms with E-state index in [0.717, 1.165) is 5.56 Å². The Hall–Kier alpha value is -1.38. The van der Waals surface area contributed by atoms with Crippen molar-refractivity contribution in [1.82, 2.24) is 0 Å². The SMILES string of the molecule is CC(C)c1ccc(CC(O)Cc2c(F)cccc2Cl)cc1. The topological polar surface area (TPSA) is 20.2 Å². The van der Waals surface area contributed by atoms with Crippen LogP contribution in [0.15, 0.2) is 42.5 Å². The number of hydrogen-bond acceptors (Lipinski definition) is 1. The van der Waals surface area contributed by atoms with Gasteiger partial charge >= 0.3 is 0 Å². The van der Waals surface area contributed by atoms with E-state index in [0.29, 0.717) is 22.9 Å². The molecule has 0 amide bonds. The lowest BCUT2D eigenvalue weighted by Crippen LogP contribution is -2.15. The summed E-state index contributed by atoms with van der Waals surface area (Å²) in [4.78, 5) is 0. The Bertz CT molecular complexity index is 572. The lowest BCUT2D eigenvalue weighted by molar-refractivity contribution is 0.174. The lowest BCUT2D eigenvalue weighted by atomic mass is 9.97. The third kappa shape index (κ3) is 4.29. The van der Waals surface area contributed by atoms with Crippen LogP contribution in [0, 0.1) is 5.82 Å². The van der Waals surface area contributed by atoms with Crippen LogP contribution in [-0.4, -0.2) is 11.2 Å². The van der Waals surface area contributed by atoms with Gasteiger partial charge in [-0.05, 0) is 35.6 Å². The fourth-order valence-electron chi connectivity index (χ4n) is 2.35. The van der Waals surface area contributed by atoms with E-state index in [9.17, 15) is 9.50 Å². The van der Waals surface area contributed by atoms with Crippen LogP contribution in [0.3, 0.4) is 0 Å². The summed E-state index contributed by atoms with van der Waals surface area (Å²) in [6, 6.07) is 12.8. The standard InChI is InChI=1S/C18H20ClFO/c1-12(2)14-8-6-13(7-9-14)10-15(21)11-16-17(19)4-3-5-18(16)20/h3-9,12,15,21H,10-11H2,1-2H3. The van der Waals surface area contributed by atoms with E-state index in [1.54, 1.807) is 12.1 Å². The summed E-state index contributed by atoms with van der Waals surface area (Å²) in [6.07, 6.45) is 0.0600. The van der Waals surface area contributed by atoms with E-state index in [1.807, 2.05) is 12.1 Å². The first-order valence-electron chi connectivity index (χ1n) is 7.17. The number of aliphatic hydroxyl groups is 1. The van der Waals surface area contributed by atoms with Crippen molar-refractivity contribution in [3.05, 3.63) is 70.0 Å². The summed E-state index contributed by atoms with van der Waals surface area (Å²) in [5, 5.41) is 10.5. The molecule has 1 atom stereocenters. The molecular weight excluding hydrogens is 287 g/mol. The quantitative estimate of drug-likeness (QED) is 0.845. The minimum Gasteiger partial charge on any atom is -0.392 e. The second-order valence-electron chi connectivity index (χ2n) is 5.66. The summed E-state index contributed by atoms with van der Waals surface area (Å²) in [6.45, 7) is 4.29. The van der Waals surface area contributed by atoms with Gasteiger partial charge in [-0.15, -0.1) is 0 Å². The Morgan fingerprint density at radius 1 is 1.05 bits per heavy atom. The Morgan fingerprint density at radius 3 is 2.29 bits per heavy atom. The Balaban J connectivity index is 2.03. The highest BCUT2D eigenvalue weighted by atomic mass is 35.5. The highest BCUT2D eigenvalue weighted by molar-refractivity contribution is 6.31. The van der Waals surface area contributed by atoms with Crippen molar-refractivity contribution >= 4 is 11.6 Å². The fourth-order valence-corrected chi connectivity index (χ4v) is 2.59. The van der Waals surface area contributed by atoms with Gasteiger partial charge in [0.15, 0.2) is 0 Å². The average molecular weight is 307 g/mol. The van der Waals surface area contributed by atoms with E-state index < -0.39 is 6.10 Å². The molecule has 0 aliphatic heterocycles. The molecule has 0 heterocycles. The van der Waals surface area contributed by atoms with Gasteiger partial charge in [0.2, 0.25) is 0 Å². The van der Waals surface area contributed by atoms with Gasteiger partial charge in [-0.25, -0.2) is 4.39 Å². The van der Waals surface area contributed by atoms with E-state index in [-0.39, 0.29) is 12.2 Å². The van der Waals surface area contributed by atoms with Gasteiger partial charge in [-0.3, -0.25) is 0 Å². The highest BCUT2D eigenvalue weighted by Crippen LogP contribution is 2.22. The lowest BCUT2D eigenvalue weighted by Gasteiger charge is -2.13. The van der Waals surface area contributed by atoms with Crippen LogP contribution in [-0.2, 0) is 12.8 Å². The monoisotopic (exact) mass is 306 g/mol. The molecule has 2 rings (SSSR count). The molecule has 2 aromatic rings. The van der Waals surface area contributed by atoms with Crippen LogP contribution in [0.2, 0.25) is 5.02 Å². The molecule has 3 heteroatoms. The molecule has 0 aromatic heterocycles. The van der Waals surface area contributed by atoms with E-state index >= 15 is 0 Å². The largest absolute Gasteiger partial charge is 0.392 e. The van der Waals surface area contributed by atoms with Gasteiger partial charge in [-0.2, -0.15) is 0 Å². The maximum absolute atomic E-state index is 13.7. The molecule has 0 fully saturated rings. The second kappa shape index (κ2) is 7.06. The minimum absolute atomic E-state index is 0.220. The molecule has 21 heavy (non-hydrogen) atoms. The molecule has 0 radical (unpaired) electrons. The van der Waals surface area contributed by atoms with Crippen molar-refractivity contribution < 1.29 is 9.50 Å². The molecule has 0 saturated heterocycles. The van der Waals surface area contributed by atoms with Gasteiger partial charge < -0.3 is 5.11 Å². The maximum Gasteiger partial charge on any atom is 0.127 e. The Labute approximate surface area is 130 Å². The molecule has 1 nitrogen and oxygen atoms in total. The number of aliphatic hydroxyl groups excluding tert-OH is 1. The minimum atomic E-state index is -0.649. The van der Waals surface area contributed by atoms with Crippen molar-refractivity contribution in [3.8, 4) is 0 Å². The molecule has 0 aliphatic rings. The van der Waals surface area contributed by atoms with E-state index in [1.165, 1.54) is 11.6 Å². The van der Waals surface area contributed by atoms with Gasteiger partial charge in [0, 0.05) is 17.0 Å². The van der Waals surface area contributed by atoms with Gasteiger partial charge in [0.25, 0.3) is 0 Å². The van der Waals surface area contributed by atoms with Crippen molar-refractivity contribution in [1.29, 1.82) is 0 Å². The van der Waals surface area contributed by atoms with Gasteiger partial charge in [-0.1, -0.05) is 55.8 Å². The molecule has 1 N–H and O–H groups in total. The smallest absolute Gasteiger partial charge is 0.127 e. The van der Waals surface area contributed by atoms with Crippen molar-refractivity contribution in [2.75, 3.05) is 0 Å². The summed E-state index contributed by atoms with van der Waals surface area (Å²) < 4.78 is 13.7. The first kappa shape index (κ1) is 16.0. The molecule has 0 saturated carbocycles. The summed E-state index contributed by atoms with van der Waals surface area (Å²) >= 11 is 5.98. The van der Waals surface area contributed by atoms with E-state index in [2.05, 4.69) is 26.0 Å². The molecular formula is C18H20ClFO. The fraction of sp³-hybridized carbons (Fsp3) is 0.333. The maximum atomic E-state index is 13.7. The number of hydrogen-bond donors (Lipinski definition) is 1. The molecule has 2 aromatic carbocycles. The normalized spacial score (nSPS) is 12.7. The number of halogens is 2. The molecule has 112 valence electrons. The van der Waals surface area contributed by atoms with Crippen LogP contribution >= 0.6 is 11.6 Å². The molecule has 0 spiro atoms. The summed E-state index contributed by atoms with van der Waals surface area (Å²) in [7, 11) is 0. The van der Waals surface area contributed by atoms with Crippen molar-refractivity contribution in [2.24, 2.45) is 0 Å². The van der Waals surface area contributed by atoms with Crippen LogP contribution in [0.5, 0.6) is 0 Å². The van der Waals surface area contributed by atoms with Gasteiger partial charge in [0.05, 0.1) is 6.10 Å². The van der Waals surface area contributed by atoms with Crippen LogP contribution < -0.4 is 0 Å². The first-order chi connectivity index (χ1) is 9.97. The Morgan fingerprint density at radius 2 is 1.71 bits per heavy atom. The zero-order valence-corrected chi connectivity index (χ0v) is 13.1. The van der Waals surface area contributed by atoms with Crippen molar-refractivity contribution in [3.63, 3.8) is 0 Å². The molecule has 1 unspecified atom stereocenters. The molecule has 0 aliphatic carbocycles. The van der Waals surface area contributed by atoms with E-state index in [4.69, 9.17) is 11.6 Å².